The second kappa shape index (κ2) is 12.1. The summed E-state index contributed by atoms with van der Waals surface area (Å²) in [4.78, 5) is 37.1. The molecule has 0 aliphatic carbocycles. The van der Waals surface area contributed by atoms with Crippen molar-refractivity contribution in [2.75, 3.05) is 35.2 Å². The Morgan fingerprint density at radius 3 is 2.26 bits per heavy atom. The van der Waals surface area contributed by atoms with Crippen LogP contribution in [0.3, 0.4) is 0 Å². The third kappa shape index (κ3) is 8.02. The van der Waals surface area contributed by atoms with Crippen LogP contribution in [0.1, 0.15) is 38.8 Å². The van der Waals surface area contributed by atoms with E-state index in [-0.39, 0.29) is 23.4 Å². The number of aryl methyl sites for hydroxylation is 1. The highest BCUT2D eigenvalue weighted by molar-refractivity contribution is 5.99. The lowest BCUT2D eigenvalue weighted by molar-refractivity contribution is -0.138. The van der Waals surface area contributed by atoms with E-state index in [1.54, 1.807) is 35.2 Å². The standard InChI is InChI=1S/C29H33F3N6O4/c1-18-6-7-21(14-23(18)29(30,31)32)36-26(39)35-20-8-10-22(11-9-20)41-25-15-24(33-17-34-25)37-12-13-38(19(2)16-37)27(40)42-28(3,4)5/h6-11,14-15,17,19H,12-13,16H2,1-5H3,(H2,35,36,39). The molecule has 4 rings (SSSR count). The molecule has 2 aromatic carbocycles. The number of nitrogens with zero attached hydrogens (tertiary/aromatic N) is 4. The van der Waals surface area contributed by atoms with Gasteiger partial charge in [-0.1, -0.05) is 6.07 Å². The van der Waals surface area contributed by atoms with Crippen LogP contribution < -0.4 is 20.3 Å². The van der Waals surface area contributed by atoms with Crippen molar-refractivity contribution < 1.29 is 32.2 Å². The van der Waals surface area contributed by atoms with Crippen molar-refractivity contribution in [3.05, 3.63) is 66.0 Å². The number of piperazine rings is 1. The third-order valence-electron chi connectivity index (χ3n) is 6.34. The minimum atomic E-state index is -4.52. The van der Waals surface area contributed by atoms with E-state index in [0.717, 1.165) is 6.07 Å². The molecule has 1 aliphatic rings. The van der Waals surface area contributed by atoms with E-state index >= 15 is 0 Å². The van der Waals surface area contributed by atoms with Gasteiger partial charge in [-0.25, -0.2) is 19.6 Å². The highest BCUT2D eigenvalue weighted by Crippen LogP contribution is 2.33. The van der Waals surface area contributed by atoms with Gasteiger partial charge in [-0.05, 0) is 76.6 Å². The Balaban J connectivity index is 1.33. The van der Waals surface area contributed by atoms with Crippen molar-refractivity contribution >= 4 is 29.3 Å². The molecule has 1 saturated heterocycles. The number of carbonyl (C=O) groups is 2. The van der Waals surface area contributed by atoms with Gasteiger partial charge in [0, 0.05) is 43.1 Å². The second-order valence-electron chi connectivity index (χ2n) is 10.9. The molecule has 0 bridgehead atoms. The van der Waals surface area contributed by atoms with Crippen molar-refractivity contribution in [1.29, 1.82) is 0 Å². The van der Waals surface area contributed by atoms with Gasteiger partial charge in [0.1, 0.15) is 23.5 Å². The van der Waals surface area contributed by atoms with Gasteiger partial charge in [0.25, 0.3) is 0 Å². The first-order chi connectivity index (χ1) is 19.7. The fourth-order valence-electron chi connectivity index (χ4n) is 4.34. The summed E-state index contributed by atoms with van der Waals surface area (Å²) < 4.78 is 50.8. The molecule has 1 atom stereocenters. The van der Waals surface area contributed by atoms with Crippen LogP contribution in [0.25, 0.3) is 0 Å². The summed E-state index contributed by atoms with van der Waals surface area (Å²) in [5.41, 5.74) is -0.893. The number of ether oxygens (including phenoxy) is 2. The number of anilines is 3. The van der Waals surface area contributed by atoms with E-state index in [1.165, 1.54) is 25.4 Å². The summed E-state index contributed by atoms with van der Waals surface area (Å²) in [5, 5.41) is 4.99. The molecule has 0 radical (unpaired) electrons. The highest BCUT2D eigenvalue weighted by atomic mass is 19.4. The molecule has 224 valence electrons. The van der Waals surface area contributed by atoms with Gasteiger partial charge in [0.2, 0.25) is 5.88 Å². The summed E-state index contributed by atoms with van der Waals surface area (Å²) in [5.74, 6) is 1.40. The summed E-state index contributed by atoms with van der Waals surface area (Å²) in [7, 11) is 0. The average Bonchev–Trinajstić information content (AvgIpc) is 2.89. The van der Waals surface area contributed by atoms with Gasteiger partial charge in [0.15, 0.2) is 0 Å². The van der Waals surface area contributed by atoms with Crippen LogP contribution in [0, 0.1) is 6.92 Å². The van der Waals surface area contributed by atoms with Gasteiger partial charge < -0.3 is 29.9 Å². The lowest BCUT2D eigenvalue weighted by Crippen LogP contribution is -2.55. The van der Waals surface area contributed by atoms with Crippen molar-refractivity contribution in [2.45, 2.75) is 52.4 Å². The van der Waals surface area contributed by atoms with Crippen LogP contribution in [0.2, 0.25) is 0 Å². The molecule has 3 amide bonds. The summed E-state index contributed by atoms with van der Waals surface area (Å²) in [6, 6.07) is 10.9. The first kappa shape index (κ1) is 30.4. The van der Waals surface area contributed by atoms with Crippen LogP contribution >= 0.6 is 0 Å². The quantitative estimate of drug-likeness (QED) is 0.343. The molecular weight excluding hydrogens is 553 g/mol. The number of benzene rings is 2. The minimum absolute atomic E-state index is 0.0191. The van der Waals surface area contributed by atoms with Crippen LogP contribution in [-0.4, -0.2) is 58.3 Å². The molecule has 42 heavy (non-hydrogen) atoms. The van der Waals surface area contributed by atoms with Gasteiger partial charge in [-0.3, -0.25) is 0 Å². The zero-order chi connectivity index (χ0) is 30.7. The van der Waals surface area contributed by atoms with Gasteiger partial charge in [-0.15, -0.1) is 0 Å². The minimum Gasteiger partial charge on any atom is -0.444 e. The van der Waals surface area contributed by atoms with Crippen molar-refractivity contribution in [2.24, 2.45) is 0 Å². The number of alkyl halides is 3. The maximum absolute atomic E-state index is 13.2. The molecule has 1 aliphatic heterocycles. The molecule has 13 heteroatoms. The van der Waals surface area contributed by atoms with E-state index in [1.807, 2.05) is 32.6 Å². The Morgan fingerprint density at radius 1 is 0.952 bits per heavy atom. The smallest absolute Gasteiger partial charge is 0.416 e. The maximum Gasteiger partial charge on any atom is 0.416 e. The molecule has 2 N–H and O–H groups in total. The van der Waals surface area contributed by atoms with E-state index in [9.17, 15) is 22.8 Å². The van der Waals surface area contributed by atoms with Crippen LogP contribution in [-0.2, 0) is 10.9 Å². The number of rotatable bonds is 5. The van der Waals surface area contributed by atoms with Crippen molar-refractivity contribution in [3.63, 3.8) is 0 Å². The number of carbonyl (C=O) groups excluding carboxylic acids is 2. The van der Waals surface area contributed by atoms with Crippen molar-refractivity contribution in [3.8, 4) is 11.6 Å². The van der Waals surface area contributed by atoms with E-state index < -0.39 is 23.4 Å². The number of amides is 3. The van der Waals surface area contributed by atoms with Crippen LogP contribution in [0.15, 0.2) is 54.9 Å². The molecule has 2 heterocycles. The lowest BCUT2D eigenvalue weighted by atomic mass is 10.1. The second-order valence-corrected chi connectivity index (χ2v) is 10.9. The summed E-state index contributed by atoms with van der Waals surface area (Å²) >= 11 is 0. The Labute approximate surface area is 241 Å². The molecule has 1 unspecified atom stereocenters. The molecule has 3 aromatic rings. The normalized spacial score (nSPS) is 15.7. The SMILES string of the molecule is Cc1ccc(NC(=O)Nc2ccc(Oc3cc(N4CCN(C(=O)OC(C)(C)C)C(C)C4)ncn3)cc2)cc1C(F)(F)F. The largest absolute Gasteiger partial charge is 0.444 e. The Bertz CT molecular complexity index is 1430. The molecule has 0 saturated carbocycles. The predicted molar refractivity (Wildman–Crippen MR) is 152 cm³/mol. The van der Waals surface area contributed by atoms with Crippen LogP contribution in [0.5, 0.6) is 11.6 Å². The molecule has 0 spiro atoms. The zero-order valence-corrected chi connectivity index (χ0v) is 24.0. The van der Waals surface area contributed by atoms with E-state index in [0.29, 0.717) is 42.8 Å². The highest BCUT2D eigenvalue weighted by Gasteiger charge is 2.33. The number of halogens is 3. The number of nitrogens with one attached hydrogen (secondary N) is 2. The predicted octanol–water partition coefficient (Wildman–Crippen LogP) is 6.69. The number of hydrogen-bond acceptors (Lipinski definition) is 7. The number of aromatic nitrogens is 2. The van der Waals surface area contributed by atoms with Crippen LogP contribution in [0.4, 0.5) is 40.0 Å². The lowest BCUT2D eigenvalue weighted by Gasteiger charge is -2.40. The average molecular weight is 587 g/mol. The van der Waals surface area contributed by atoms with Gasteiger partial charge in [-0.2, -0.15) is 13.2 Å². The summed E-state index contributed by atoms with van der Waals surface area (Å²) in [6.45, 7) is 10.4. The molecular formula is C29H33F3N6O4. The topological polar surface area (TPSA) is 109 Å². The Kier molecular flexibility index (Phi) is 8.78. The van der Waals surface area contributed by atoms with E-state index in [2.05, 4.69) is 20.6 Å². The fraction of sp³-hybridized carbons (Fsp3) is 0.379. The molecule has 10 nitrogen and oxygen atoms in total. The monoisotopic (exact) mass is 586 g/mol. The Hall–Kier alpha value is -4.55. The van der Waals surface area contributed by atoms with Gasteiger partial charge >= 0.3 is 18.3 Å². The maximum atomic E-state index is 13.2. The third-order valence-corrected chi connectivity index (χ3v) is 6.34. The first-order valence-corrected chi connectivity index (χ1v) is 13.3. The zero-order valence-electron chi connectivity index (χ0n) is 24.0. The number of hydrogen-bond donors (Lipinski definition) is 2. The summed E-state index contributed by atoms with van der Waals surface area (Å²) in [6.07, 6.45) is -3.47. The number of urea groups is 1. The van der Waals surface area contributed by atoms with Crippen molar-refractivity contribution in [1.82, 2.24) is 14.9 Å². The molecule has 1 fully saturated rings. The Morgan fingerprint density at radius 2 is 1.62 bits per heavy atom. The fourth-order valence-corrected chi connectivity index (χ4v) is 4.34. The van der Waals surface area contributed by atoms with E-state index in [4.69, 9.17) is 9.47 Å². The van der Waals surface area contributed by atoms with Gasteiger partial charge in [0.05, 0.1) is 5.56 Å². The first-order valence-electron chi connectivity index (χ1n) is 13.3. The molecule has 1 aromatic heterocycles.